The van der Waals surface area contributed by atoms with Crippen molar-refractivity contribution in [2.24, 2.45) is 0 Å². The Labute approximate surface area is 150 Å². The number of rotatable bonds is 5. The number of allylic oxidation sites excluding steroid dienone is 1. The Morgan fingerprint density at radius 1 is 1.15 bits per heavy atom. The molecular formula is C21H19NO4. The van der Waals surface area contributed by atoms with Crippen LogP contribution in [-0.4, -0.2) is 22.6 Å². The molecule has 26 heavy (non-hydrogen) atoms. The highest BCUT2D eigenvalue weighted by atomic mass is 16.5. The van der Waals surface area contributed by atoms with Gasteiger partial charge in [-0.2, -0.15) is 0 Å². The van der Waals surface area contributed by atoms with Gasteiger partial charge in [-0.3, -0.25) is 9.59 Å². The van der Waals surface area contributed by atoms with Gasteiger partial charge in [0.2, 0.25) is 0 Å². The number of hydrogen-bond donors (Lipinski definition) is 1. The Morgan fingerprint density at radius 3 is 2.50 bits per heavy atom. The molecule has 0 bridgehead atoms. The summed E-state index contributed by atoms with van der Waals surface area (Å²) in [4.78, 5) is 25.3. The van der Waals surface area contributed by atoms with Crippen LogP contribution >= 0.6 is 0 Å². The van der Waals surface area contributed by atoms with Gasteiger partial charge in [0.25, 0.3) is 5.56 Å². The number of methoxy groups -OCH3 is 1. The van der Waals surface area contributed by atoms with E-state index < -0.39 is 11.3 Å². The van der Waals surface area contributed by atoms with Crippen LogP contribution in [0.1, 0.15) is 22.8 Å². The van der Waals surface area contributed by atoms with Gasteiger partial charge in [-0.05, 0) is 42.8 Å². The van der Waals surface area contributed by atoms with E-state index in [2.05, 4.69) is 0 Å². The molecule has 0 saturated carbocycles. The molecule has 0 aliphatic heterocycles. The first-order chi connectivity index (χ1) is 12.6. The number of ether oxygens (including phenoxy) is 1. The number of carbonyl (C=O) groups excluding carboxylic acids is 1. The van der Waals surface area contributed by atoms with Crippen LogP contribution in [0.25, 0.3) is 17.0 Å². The molecule has 0 fully saturated rings. The highest BCUT2D eigenvalue weighted by Gasteiger charge is 2.19. The van der Waals surface area contributed by atoms with Gasteiger partial charge >= 0.3 is 0 Å². The Balaban J connectivity index is 2.05. The predicted octanol–water partition coefficient (Wildman–Crippen LogP) is 3.63. The SMILES string of the molecule is CCn1c(=O)c(C(=O)/C=C/c2ccc(OC)cc2)c(O)c2ccccc21. The van der Waals surface area contributed by atoms with Gasteiger partial charge in [0.15, 0.2) is 5.78 Å². The molecule has 2 aromatic carbocycles. The normalized spacial score (nSPS) is 11.2. The van der Waals surface area contributed by atoms with Gasteiger partial charge < -0.3 is 14.4 Å². The summed E-state index contributed by atoms with van der Waals surface area (Å²) in [5.74, 6) is -0.0950. The fourth-order valence-electron chi connectivity index (χ4n) is 2.90. The third-order valence-electron chi connectivity index (χ3n) is 4.25. The van der Waals surface area contributed by atoms with E-state index in [9.17, 15) is 14.7 Å². The van der Waals surface area contributed by atoms with E-state index in [0.29, 0.717) is 23.2 Å². The molecule has 5 nitrogen and oxygen atoms in total. The zero-order valence-electron chi connectivity index (χ0n) is 14.6. The van der Waals surface area contributed by atoms with E-state index in [0.717, 1.165) is 5.56 Å². The van der Waals surface area contributed by atoms with Crippen molar-refractivity contribution in [2.45, 2.75) is 13.5 Å². The number of aryl methyl sites for hydroxylation is 1. The molecular weight excluding hydrogens is 330 g/mol. The molecule has 0 aliphatic carbocycles. The maximum atomic E-state index is 12.7. The largest absolute Gasteiger partial charge is 0.506 e. The van der Waals surface area contributed by atoms with E-state index >= 15 is 0 Å². The molecule has 0 aliphatic rings. The minimum atomic E-state index is -0.531. The van der Waals surface area contributed by atoms with Crippen molar-refractivity contribution in [1.82, 2.24) is 4.57 Å². The quantitative estimate of drug-likeness (QED) is 0.564. The van der Waals surface area contributed by atoms with Gasteiger partial charge in [-0.15, -0.1) is 0 Å². The molecule has 0 atom stereocenters. The highest BCUT2D eigenvalue weighted by molar-refractivity contribution is 6.11. The molecule has 0 radical (unpaired) electrons. The molecule has 5 heteroatoms. The lowest BCUT2D eigenvalue weighted by Crippen LogP contribution is -2.26. The van der Waals surface area contributed by atoms with Crippen molar-refractivity contribution in [2.75, 3.05) is 7.11 Å². The van der Waals surface area contributed by atoms with Gasteiger partial charge in [-0.1, -0.05) is 30.3 Å². The summed E-state index contributed by atoms with van der Waals surface area (Å²) in [5.41, 5.74) is 0.687. The van der Waals surface area contributed by atoms with Gasteiger partial charge in [0.1, 0.15) is 17.1 Å². The lowest BCUT2D eigenvalue weighted by molar-refractivity contribution is 0.104. The minimum Gasteiger partial charge on any atom is -0.506 e. The predicted molar refractivity (Wildman–Crippen MR) is 102 cm³/mol. The first kappa shape index (κ1) is 17.5. The average molecular weight is 349 g/mol. The molecule has 0 saturated heterocycles. The summed E-state index contributed by atoms with van der Waals surface area (Å²) in [6, 6.07) is 14.2. The van der Waals surface area contributed by atoms with Crippen molar-refractivity contribution in [3.63, 3.8) is 0 Å². The zero-order valence-corrected chi connectivity index (χ0v) is 14.6. The van der Waals surface area contributed by atoms with Crippen LogP contribution in [0.2, 0.25) is 0 Å². The minimum absolute atomic E-state index is 0.213. The number of aromatic hydroxyl groups is 1. The molecule has 1 N–H and O–H groups in total. The molecule has 0 unspecified atom stereocenters. The smallest absolute Gasteiger partial charge is 0.266 e. The number of benzene rings is 2. The summed E-state index contributed by atoms with van der Waals surface area (Å²) < 4.78 is 6.58. The highest BCUT2D eigenvalue weighted by Crippen LogP contribution is 2.26. The van der Waals surface area contributed by atoms with E-state index in [1.807, 2.05) is 6.92 Å². The standard InChI is InChI=1S/C21H19NO4/c1-3-22-17-7-5-4-6-16(17)20(24)19(21(22)25)18(23)13-10-14-8-11-15(26-2)12-9-14/h4-13,24H,3H2,1-2H3/b13-10+. The fraction of sp³-hybridized carbons (Fsp3) is 0.143. The van der Waals surface area contributed by atoms with Crippen LogP contribution in [0.4, 0.5) is 0 Å². The van der Waals surface area contributed by atoms with Gasteiger partial charge in [0, 0.05) is 11.9 Å². The average Bonchev–Trinajstić information content (AvgIpc) is 2.67. The summed E-state index contributed by atoms with van der Waals surface area (Å²) in [5, 5.41) is 11.0. The molecule has 3 aromatic rings. The first-order valence-electron chi connectivity index (χ1n) is 8.27. The third kappa shape index (κ3) is 3.11. The number of hydrogen-bond acceptors (Lipinski definition) is 4. The third-order valence-corrected chi connectivity index (χ3v) is 4.25. The molecule has 1 heterocycles. The van der Waals surface area contributed by atoms with E-state index in [1.54, 1.807) is 61.7 Å². The topological polar surface area (TPSA) is 68.5 Å². The molecule has 132 valence electrons. The second-order valence-electron chi connectivity index (χ2n) is 5.76. The molecule has 0 amide bonds. The van der Waals surface area contributed by atoms with Crippen LogP contribution in [0, 0.1) is 0 Å². The van der Waals surface area contributed by atoms with E-state index in [4.69, 9.17) is 4.74 Å². The number of ketones is 1. The van der Waals surface area contributed by atoms with Crippen LogP contribution < -0.4 is 10.3 Å². The van der Waals surface area contributed by atoms with Gasteiger partial charge in [-0.25, -0.2) is 0 Å². The Hall–Kier alpha value is -3.34. The van der Waals surface area contributed by atoms with Crippen LogP contribution in [0.3, 0.4) is 0 Å². The van der Waals surface area contributed by atoms with Crippen LogP contribution in [0.15, 0.2) is 59.4 Å². The maximum Gasteiger partial charge on any atom is 0.266 e. The number of aromatic nitrogens is 1. The summed E-state index contributed by atoms with van der Waals surface area (Å²) in [6.07, 6.45) is 2.90. The Kier molecular flexibility index (Phi) is 4.89. The Bertz CT molecular complexity index is 1050. The Morgan fingerprint density at radius 2 is 1.85 bits per heavy atom. The molecule has 1 aromatic heterocycles. The van der Waals surface area contributed by atoms with Crippen molar-refractivity contribution in [3.8, 4) is 11.5 Å². The number of carbonyl (C=O) groups is 1. The van der Waals surface area contributed by atoms with Crippen molar-refractivity contribution < 1.29 is 14.6 Å². The van der Waals surface area contributed by atoms with Crippen molar-refractivity contribution >= 4 is 22.8 Å². The maximum absolute atomic E-state index is 12.7. The number of nitrogens with zero attached hydrogens (tertiary/aromatic N) is 1. The molecule has 0 spiro atoms. The van der Waals surface area contributed by atoms with E-state index in [-0.39, 0.29) is 11.3 Å². The zero-order chi connectivity index (χ0) is 18.7. The summed E-state index contributed by atoms with van der Waals surface area (Å²) in [6.45, 7) is 2.23. The van der Waals surface area contributed by atoms with Crippen LogP contribution in [-0.2, 0) is 6.54 Å². The van der Waals surface area contributed by atoms with Crippen LogP contribution in [0.5, 0.6) is 11.5 Å². The van der Waals surface area contributed by atoms with E-state index in [1.165, 1.54) is 10.6 Å². The monoisotopic (exact) mass is 349 g/mol. The second kappa shape index (κ2) is 7.27. The van der Waals surface area contributed by atoms with Gasteiger partial charge in [0.05, 0.1) is 12.6 Å². The van der Waals surface area contributed by atoms with Crippen molar-refractivity contribution in [1.29, 1.82) is 0 Å². The summed E-state index contributed by atoms with van der Waals surface area (Å²) >= 11 is 0. The molecule has 3 rings (SSSR count). The second-order valence-corrected chi connectivity index (χ2v) is 5.76. The lowest BCUT2D eigenvalue weighted by Gasteiger charge is -2.12. The fourth-order valence-corrected chi connectivity index (χ4v) is 2.90. The van der Waals surface area contributed by atoms with Crippen molar-refractivity contribution in [3.05, 3.63) is 76.1 Å². The number of para-hydroxylation sites is 1. The number of pyridine rings is 1. The number of fused-ring (bicyclic) bond motifs is 1. The first-order valence-corrected chi connectivity index (χ1v) is 8.27. The summed E-state index contributed by atoms with van der Waals surface area (Å²) in [7, 11) is 1.58. The lowest BCUT2D eigenvalue weighted by atomic mass is 10.1.